The molecule has 1 aliphatic carbocycles. The number of amides is 1. The predicted molar refractivity (Wildman–Crippen MR) is 83.6 cm³/mol. The van der Waals surface area contributed by atoms with Crippen molar-refractivity contribution >= 4 is 6.09 Å². The van der Waals surface area contributed by atoms with Crippen LogP contribution in [0.3, 0.4) is 0 Å². The zero-order chi connectivity index (χ0) is 16.3. The lowest BCUT2D eigenvalue weighted by molar-refractivity contribution is 0.0498. The van der Waals surface area contributed by atoms with Crippen LogP contribution in [-0.2, 0) is 11.3 Å². The molecule has 1 aromatic heterocycles. The Morgan fingerprint density at radius 2 is 2.00 bits per heavy atom. The van der Waals surface area contributed by atoms with Gasteiger partial charge < -0.3 is 19.9 Å². The van der Waals surface area contributed by atoms with E-state index >= 15 is 0 Å². The Labute approximate surface area is 132 Å². The van der Waals surface area contributed by atoms with Crippen LogP contribution in [0.5, 0.6) is 0 Å². The Balaban J connectivity index is 1.87. The number of ether oxygens (including phenoxy) is 1. The standard InChI is InChI=1S/C16H27N3O3/c1-10-12(11(2)22-19-10)9-17-13-7-6-8-14(13)18-15(20)21-16(3,4)5/h13-14,17H,6-9H2,1-5H3,(H,18,20). The van der Waals surface area contributed by atoms with E-state index in [0.717, 1.165) is 36.3 Å². The average Bonchev–Trinajstić information content (AvgIpc) is 2.93. The smallest absolute Gasteiger partial charge is 0.407 e. The van der Waals surface area contributed by atoms with Gasteiger partial charge >= 0.3 is 6.09 Å². The van der Waals surface area contributed by atoms with E-state index in [1.165, 1.54) is 0 Å². The molecule has 1 heterocycles. The van der Waals surface area contributed by atoms with E-state index in [2.05, 4.69) is 15.8 Å². The molecule has 124 valence electrons. The second kappa shape index (κ2) is 6.69. The molecule has 2 rings (SSSR count). The molecule has 0 saturated heterocycles. The van der Waals surface area contributed by atoms with Gasteiger partial charge in [0.15, 0.2) is 0 Å². The average molecular weight is 309 g/mol. The number of nitrogens with one attached hydrogen (secondary N) is 2. The van der Waals surface area contributed by atoms with E-state index in [9.17, 15) is 4.79 Å². The van der Waals surface area contributed by atoms with E-state index < -0.39 is 5.60 Å². The van der Waals surface area contributed by atoms with Gasteiger partial charge in [0.25, 0.3) is 0 Å². The van der Waals surface area contributed by atoms with Gasteiger partial charge in [-0.3, -0.25) is 0 Å². The van der Waals surface area contributed by atoms with E-state index in [1.807, 2.05) is 34.6 Å². The number of carbonyl (C=O) groups is 1. The Morgan fingerprint density at radius 1 is 1.32 bits per heavy atom. The van der Waals surface area contributed by atoms with E-state index in [-0.39, 0.29) is 18.2 Å². The number of alkyl carbamates (subject to hydrolysis) is 1. The Bertz CT molecular complexity index is 500. The fourth-order valence-corrected chi connectivity index (χ4v) is 2.82. The predicted octanol–water partition coefficient (Wildman–Crippen LogP) is 2.83. The first-order valence-corrected chi connectivity index (χ1v) is 7.91. The fraction of sp³-hybridized carbons (Fsp3) is 0.750. The summed E-state index contributed by atoms with van der Waals surface area (Å²) in [6.45, 7) is 10.2. The van der Waals surface area contributed by atoms with Crippen LogP contribution >= 0.6 is 0 Å². The molecule has 1 saturated carbocycles. The number of nitrogens with zero attached hydrogens (tertiary/aromatic N) is 1. The zero-order valence-electron chi connectivity index (χ0n) is 14.2. The van der Waals surface area contributed by atoms with Crippen molar-refractivity contribution in [2.45, 2.75) is 78.1 Å². The summed E-state index contributed by atoms with van der Waals surface area (Å²) >= 11 is 0. The highest BCUT2D eigenvalue weighted by molar-refractivity contribution is 5.68. The van der Waals surface area contributed by atoms with Crippen LogP contribution in [0.15, 0.2) is 4.52 Å². The molecule has 22 heavy (non-hydrogen) atoms. The largest absolute Gasteiger partial charge is 0.444 e. The Hall–Kier alpha value is -1.56. The van der Waals surface area contributed by atoms with Crippen molar-refractivity contribution in [1.82, 2.24) is 15.8 Å². The molecule has 1 amide bonds. The number of aromatic nitrogens is 1. The van der Waals surface area contributed by atoms with Gasteiger partial charge in [0, 0.05) is 24.2 Å². The molecule has 2 unspecified atom stereocenters. The van der Waals surface area contributed by atoms with Crippen molar-refractivity contribution in [2.75, 3.05) is 0 Å². The molecule has 1 aliphatic rings. The molecule has 0 spiro atoms. The monoisotopic (exact) mass is 309 g/mol. The van der Waals surface area contributed by atoms with E-state index in [4.69, 9.17) is 9.26 Å². The zero-order valence-corrected chi connectivity index (χ0v) is 14.2. The first kappa shape index (κ1) is 16.8. The highest BCUT2D eigenvalue weighted by Crippen LogP contribution is 2.21. The summed E-state index contributed by atoms with van der Waals surface area (Å²) in [6, 6.07) is 0.358. The van der Waals surface area contributed by atoms with Crippen molar-refractivity contribution in [1.29, 1.82) is 0 Å². The molecule has 0 aliphatic heterocycles. The molecule has 0 radical (unpaired) electrons. The van der Waals surface area contributed by atoms with Crippen molar-refractivity contribution in [3.8, 4) is 0 Å². The second-order valence-corrected chi connectivity index (χ2v) is 6.97. The molecule has 2 atom stereocenters. The molecule has 1 fully saturated rings. The highest BCUT2D eigenvalue weighted by atomic mass is 16.6. The third-order valence-corrected chi connectivity index (χ3v) is 3.94. The highest BCUT2D eigenvalue weighted by Gasteiger charge is 2.30. The lowest BCUT2D eigenvalue weighted by Crippen LogP contribution is -2.47. The summed E-state index contributed by atoms with van der Waals surface area (Å²) in [6.07, 6.45) is 2.77. The topological polar surface area (TPSA) is 76.4 Å². The molecule has 6 heteroatoms. The van der Waals surface area contributed by atoms with Crippen LogP contribution in [0.4, 0.5) is 4.79 Å². The molecule has 0 bridgehead atoms. The van der Waals surface area contributed by atoms with Crippen LogP contribution < -0.4 is 10.6 Å². The molecule has 0 aromatic carbocycles. The van der Waals surface area contributed by atoms with Crippen LogP contribution in [0.1, 0.15) is 57.1 Å². The van der Waals surface area contributed by atoms with Crippen LogP contribution in [0, 0.1) is 13.8 Å². The maximum Gasteiger partial charge on any atom is 0.407 e. The van der Waals surface area contributed by atoms with Gasteiger partial charge in [-0.15, -0.1) is 0 Å². The minimum atomic E-state index is -0.470. The summed E-state index contributed by atoms with van der Waals surface area (Å²) in [7, 11) is 0. The quantitative estimate of drug-likeness (QED) is 0.894. The summed E-state index contributed by atoms with van der Waals surface area (Å²) in [5.41, 5.74) is 1.55. The lowest BCUT2D eigenvalue weighted by atomic mass is 10.1. The Morgan fingerprint density at radius 3 is 2.59 bits per heavy atom. The van der Waals surface area contributed by atoms with Gasteiger partial charge in [-0.25, -0.2) is 4.79 Å². The van der Waals surface area contributed by atoms with Crippen molar-refractivity contribution in [3.05, 3.63) is 17.0 Å². The van der Waals surface area contributed by atoms with Crippen molar-refractivity contribution < 1.29 is 14.1 Å². The summed E-state index contributed by atoms with van der Waals surface area (Å²) in [5, 5.41) is 10.5. The summed E-state index contributed by atoms with van der Waals surface area (Å²) < 4.78 is 10.5. The molecular formula is C16H27N3O3. The van der Waals surface area contributed by atoms with E-state index in [0.29, 0.717) is 6.54 Å². The number of carbonyl (C=O) groups excluding carboxylic acids is 1. The molecule has 2 N–H and O–H groups in total. The van der Waals surface area contributed by atoms with Gasteiger partial charge in [-0.1, -0.05) is 5.16 Å². The van der Waals surface area contributed by atoms with Crippen molar-refractivity contribution in [2.24, 2.45) is 0 Å². The maximum absolute atomic E-state index is 11.9. The minimum Gasteiger partial charge on any atom is -0.444 e. The van der Waals surface area contributed by atoms with Crippen molar-refractivity contribution in [3.63, 3.8) is 0 Å². The first-order chi connectivity index (χ1) is 10.3. The minimum absolute atomic E-state index is 0.107. The van der Waals surface area contributed by atoms with Crippen LogP contribution in [0.2, 0.25) is 0 Å². The van der Waals surface area contributed by atoms with Gasteiger partial charge in [-0.2, -0.15) is 0 Å². The fourth-order valence-electron chi connectivity index (χ4n) is 2.82. The lowest BCUT2D eigenvalue weighted by Gasteiger charge is -2.25. The maximum atomic E-state index is 11.9. The number of aryl methyl sites for hydroxylation is 2. The van der Waals surface area contributed by atoms with E-state index in [1.54, 1.807) is 0 Å². The summed E-state index contributed by atoms with van der Waals surface area (Å²) in [4.78, 5) is 11.9. The van der Waals surface area contributed by atoms with Crippen LogP contribution in [-0.4, -0.2) is 28.9 Å². The van der Waals surface area contributed by atoms with Gasteiger partial charge in [0.2, 0.25) is 0 Å². The van der Waals surface area contributed by atoms with Gasteiger partial charge in [0.1, 0.15) is 11.4 Å². The molecule has 1 aromatic rings. The van der Waals surface area contributed by atoms with Gasteiger partial charge in [-0.05, 0) is 53.9 Å². The molecule has 6 nitrogen and oxygen atoms in total. The SMILES string of the molecule is Cc1noc(C)c1CNC1CCCC1NC(=O)OC(C)(C)C. The third-order valence-electron chi connectivity index (χ3n) is 3.94. The molecular weight excluding hydrogens is 282 g/mol. The first-order valence-electron chi connectivity index (χ1n) is 7.91. The normalized spacial score (nSPS) is 21.9. The third kappa shape index (κ3) is 4.47. The number of rotatable bonds is 4. The Kier molecular flexibility index (Phi) is 5.11. The second-order valence-electron chi connectivity index (χ2n) is 6.97. The van der Waals surface area contributed by atoms with Gasteiger partial charge in [0.05, 0.1) is 5.69 Å². The number of hydrogen-bond donors (Lipinski definition) is 2. The summed E-state index contributed by atoms with van der Waals surface area (Å²) in [5.74, 6) is 0.847. The number of hydrogen-bond acceptors (Lipinski definition) is 5. The van der Waals surface area contributed by atoms with Crippen LogP contribution in [0.25, 0.3) is 0 Å².